The smallest absolute Gasteiger partial charge is 0.270 e. The van der Waals surface area contributed by atoms with Crippen molar-refractivity contribution in [2.45, 2.75) is 25.8 Å². The van der Waals surface area contributed by atoms with Gasteiger partial charge in [-0.05, 0) is 49.1 Å². The van der Waals surface area contributed by atoms with Crippen LogP contribution in [0.4, 0.5) is 0 Å². The first kappa shape index (κ1) is 23.5. The van der Waals surface area contributed by atoms with E-state index >= 15 is 0 Å². The van der Waals surface area contributed by atoms with Crippen LogP contribution in [0.2, 0.25) is 0 Å². The predicted octanol–water partition coefficient (Wildman–Crippen LogP) is 4.13. The van der Waals surface area contributed by atoms with E-state index in [-0.39, 0.29) is 34.9 Å². The Morgan fingerprint density at radius 1 is 0.917 bits per heavy atom. The minimum absolute atomic E-state index is 0.0129. The molecule has 0 unspecified atom stereocenters. The van der Waals surface area contributed by atoms with E-state index in [9.17, 15) is 14.4 Å². The van der Waals surface area contributed by atoms with Crippen molar-refractivity contribution in [3.05, 3.63) is 123 Å². The highest BCUT2D eigenvalue weighted by Crippen LogP contribution is 2.35. The predicted molar refractivity (Wildman–Crippen MR) is 140 cm³/mol. The van der Waals surface area contributed by atoms with E-state index in [2.05, 4.69) is 5.32 Å². The van der Waals surface area contributed by atoms with Crippen LogP contribution in [0.5, 0.6) is 0 Å². The van der Waals surface area contributed by atoms with Gasteiger partial charge in [-0.15, -0.1) is 0 Å². The lowest BCUT2D eigenvalue weighted by Crippen LogP contribution is -2.50. The van der Waals surface area contributed by atoms with Crippen LogP contribution in [-0.4, -0.2) is 34.4 Å². The number of pyridine rings is 1. The van der Waals surface area contributed by atoms with E-state index in [4.69, 9.17) is 0 Å². The molecule has 2 aromatic carbocycles. The Bertz CT molecular complexity index is 1390. The molecule has 2 atom stereocenters. The number of nitrogens with one attached hydrogen (secondary N) is 1. The number of carbonyl (C=O) groups excluding carboxylic acids is 2. The zero-order valence-corrected chi connectivity index (χ0v) is 20.3. The Hall–Kier alpha value is -4.19. The second-order valence-corrected chi connectivity index (χ2v) is 9.58. The molecule has 0 aliphatic carbocycles. The molecule has 2 amide bonds. The summed E-state index contributed by atoms with van der Waals surface area (Å²) in [5.74, 6) is -0.232. The molecule has 2 aliphatic heterocycles. The SMILES string of the molecule is Cc1ccc(C(=O)N/C(=C/C=C/c2ccccc2)C(=O)N2C[C@H]3C[C@@H](C2)c2cccc(=O)n2C3)cc1. The van der Waals surface area contributed by atoms with Crippen molar-refractivity contribution in [2.75, 3.05) is 13.1 Å². The molecule has 182 valence electrons. The fourth-order valence-electron chi connectivity index (χ4n) is 5.12. The Morgan fingerprint density at radius 3 is 2.47 bits per heavy atom. The Labute approximate surface area is 210 Å². The minimum atomic E-state index is -0.322. The van der Waals surface area contributed by atoms with Crippen molar-refractivity contribution in [1.29, 1.82) is 0 Å². The van der Waals surface area contributed by atoms with Crippen LogP contribution in [0.15, 0.2) is 95.4 Å². The van der Waals surface area contributed by atoms with Gasteiger partial charge in [0.05, 0.1) is 0 Å². The normalized spacial score (nSPS) is 19.1. The average Bonchev–Trinajstić information content (AvgIpc) is 2.89. The first-order chi connectivity index (χ1) is 17.5. The molecule has 2 bridgehead atoms. The molecule has 0 radical (unpaired) electrons. The highest BCUT2D eigenvalue weighted by atomic mass is 16.2. The largest absolute Gasteiger partial charge is 0.336 e. The van der Waals surface area contributed by atoms with Gasteiger partial charge in [0.2, 0.25) is 0 Å². The summed E-state index contributed by atoms with van der Waals surface area (Å²) in [6, 6.07) is 22.4. The van der Waals surface area contributed by atoms with Gasteiger partial charge in [0.25, 0.3) is 17.4 Å². The van der Waals surface area contributed by atoms with Crippen LogP contribution in [0, 0.1) is 12.8 Å². The van der Waals surface area contributed by atoms with Gasteiger partial charge in [-0.3, -0.25) is 14.4 Å². The standard InChI is InChI=1S/C30H29N3O3/c1-21-13-15-24(16-14-21)29(35)31-26(10-5-9-22-7-3-2-4-8-22)30(36)32-18-23-17-25(20-32)27-11-6-12-28(34)33(27)19-23/h2-16,23,25H,17-20H2,1H3,(H,31,35)/b9-5+,26-10+/t23-,25+/m1/s1. The number of likely N-dealkylation sites (tertiary alicyclic amines) is 1. The number of benzene rings is 2. The molecule has 1 N–H and O–H groups in total. The molecule has 0 spiro atoms. The summed E-state index contributed by atoms with van der Waals surface area (Å²) in [6.07, 6.45) is 6.32. The number of hydrogen-bond donors (Lipinski definition) is 1. The number of nitrogens with zero attached hydrogens (tertiary/aromatic N) is 2. The number of amides is 2. The van der Waals surface area contributed by atoms with Gasteiger partial charge in [0.1, 0.15) is 5.70 Å². The van der Waals surface area contributed by atoms with Crippen molar-refractivity contribution in [3.8, 4) is 0 Å². The van der Waals surface area contributed by atoms with E-state index in [0.29, 0.717) is 25.2 Å². The number of allylic oxidation sites excluding steroid dienone is 2. The number of aryl methyl sites for hydroxylation is 1. The molecule has 3 heterocycles. The molecular formula is C30H29N3O3. The number of carbonyl (C=O) groups is 2. The maximum absolute atomic E-state index is 13.7. The fourth-order valence-corrected chi connectivity index (χ4v) is 5.12. The minimum Gasteiger partial charge on any atom is -0.336 e. The molecular weight excluding hydrogens is 450 g/mol. The summed E-state index contributed by atoms with van der Waals surface area (Å²) in [6.45, 7) is 3.64. The monoisotopic (exact) mass is 479 g/mol. The Balaban J connectivity index is 1.40. The molecule has 3 aromatic rings. The second-order valence-electron chi connectivity index (χ2n) is 9.58. The van der Waals surface area contributed by atoms with Crippen LogP contribution < -0.4 is 10.9 Å². The Kier molecular flexibility index (Phi) is 6.67. The van der Waals surface area contributed by atoms with E-state index in [1.165, 1.54) is 0 Å². The van der Waals surface area contributed by atoms with E-state index in [1.54, 1.807) is 36.4 Å². The number of fused-ring (bicyclic) bond motifs is 4. The average molecular weight is 480 g/mol. The van der Waals surface area contributed by atoms with Gasteiger partial charge in [0.15, 0.2) is 0 Å². The summed E-state index contributed by atoms with van der Waals surface area (Å²) < 4.78 is 1.85. The quantitative estimate of drug-likeness (QED) is 0.442. The van der Waals surface area contributed by atoms with Crippen molar-refractivity contribution >= 4 is 17.9 Å². The molecule has 1 aromatic heterocycles. The first-order valence-corrected chi connectivity index (χ1v) is 12.3. The third kappa shape index (κ3) is 5.08. The third-order valence-corrected chi connectivity index (χ3v) is 6.91. The second kappa shape index (κ2) is 10.2. The van der Waals surface area contributed by atoms with Gasteiger partial charge < -0.3 is 14.8 Å². The summed E-state index contributed by atoms with van der Waals surface area (Å²) in [4.78, 5) is 40.9. The van der Waals surface area contributed by atoms with Gasteiger partial charge in [-0.1, -0.05) is 66.2 Å². The highest BCUT2D eigenvalue weighted by molar-refractivity contribution is 6.03. The summed E-state index contributed by atoms with van der Waals surface area (Å²) in [7, 11) is 0. The molecule has 6 nitrogen and oxygen atoms in total. The number of rotatable bonds is 5. The first-order valence-electron chi connectivity index (χ1n) is 12.3. The van der Waals surface area contributed by atoms with Crippen LogP contribution in [0.1, 0.15) is 39.5 Å². The number of aromatic nitrogens is 1. The molecule has 1 fully saturated rings. The van der Waals surface area contributed by atoms with Crippen molar-refractivity contribution in [1.82, 2.24) is 14.8 Å². The summed E-state index contributed by atoms with van der Waals surface area (Å²) in [5.41, 5.74) is 3.78. The van der Waals surface area contributed by atoms with Gasteiger partial charge >= 0.3 is 0 Å². The molecule has 36 heavy (non-hydrogen) atoms. The van der Waals surface area contributed by atoms with Crippen molar-refractivity contribution < 1.29 is 9.59 Å². The molecule has 5 rings (SSSR count). The van der Waals surface area contributed by atoms with E-state index in [0.717, 1.165) is 23.2 Å². The van der Waals surface area contributed by atoms with Crippen LogP contribution in [-0.2, 0) is 11.3 Å². The van der Waals surface area contributed by atoms with Crippen molar-refractivity contribution in [2.24, 2.45) is 5.92 Å². The molecule has 2 aliphatic rings. The van der Waals surface area contributed by atoms with Crippen molar-refractivity contribution in [3.63, 3.8) is 0 Å². The zero-order valence-electron chi connectivity index (χ0n) is 20.3. The molecule has 0 saturated carbocycles. The molecule has 1 saturated heterocycles. The lowest BCUT2D eigenvalue weighted by Gasteiger charge is -2.42. The topological polar surface area (TPSA) is 71.4 Å². The molecule has 6 heteroatoms. The third-order valence-electron chi connectivity index (χ3n) is 6.91. The zero-order chi connectivity index (χ0) is 25.1. The Morgan fingerprint density at radius 2 is 1.69 bits per heavy atom. The van der Waals surface area contributed by atoms with Gasteiger partial charge in [-0.25, -0.2) is 0 Å². The lowest BCUT2D eigenvalue weighted by atomic mass is 9.83. The summed E-state index contributed by atoms with van der Waals surface area (Å²) >= 11 is 0. The van der Waals surface area contributed by atoms with Gasteiger partial charge in [0, 0.05) is 42.9 Å². The fraction of sp³-hybridized carbons (Fsp3) is 0.233. The summed E-state index contributed by atoms with van der Waals surface area (Å²) in [5, 5.41) is 2.85. The van der Waals surface area contributed by atoms with Gasteiger partial charge in [-0.2, -0.15) is 0 Å². The maximum atomic E-state index is 13.7. The number of piperidine rings is 1. The maximum Gasteiger partial charge on any atom is 0.270 e. The number of hydrogen-bond acceptors (Lipinski definition) is 3. The highest BCUT2D eigenvalue weighted by Gasteiger charge is 2.37. The van der Waals surface area contributed by atoms with Crippen LogP contribution >= 0.6 is 0 Å². The van der Waals surface area contributed by atoms with E-state index < -0.39 is 0 Å². The van der Waals surface area contributed by atoms with Crippen LogP contribution in [0.25, 0.3) is 6.08 Å². The lowest BCUT2D eigenvalue weighted by molar-refractivity contribution is -0.130. The van der Waals surface area contributed by atoms with Crippen LogP contribution in [0.3, 0.4) is 0 Å². The van der Waals surface area contributed by atoms with E-state index in [1.807, 2.05) is 71.0 Å².